The zero-order valence-corrected chi connectivity index (χ0v) is 24.7. The van der Waals surface area contributed by atoms with E-state index in [4.69, 9.17) is 19.0 Å². The first-order valence-electron chi connectivity index (χ1n) is 13.8. The van der Waals surface area contributed by atoms with E-state index in [2.05, 4.69) is 15.9 Å². The van der Waals surface area contributed by atoms with Gasteiger partial charge in [0, 0.05) is 32.7 Å². The van der Waals surface area contributed by atoms with E-state index in [0.717, 1.165) is 49.4 Å². The molecule has 0 amide bonds. The third kappa shape index (κ3) is 5.08. The van der Waals surface area contributed by atoms with Crippen molar-refractivity contribution < 1.29 is 18.7 Å². The van der Waals surface area contributed by atoms with E-state index in [0.29, 0.717) is 29.1 Å². The van der Waals surface area contributed by atoms with Crippen molar-refractivity contribution in [1.82, 2.24) is 9.78 Å². The number of rotatable bonds is 7. The number of hydrogen-bond donors (Lipinski definition) is 0. The van der Waals surface area contributed by atoms with Crippen LogP contribution in [-0.2, 0) is 0 Å². The van der Waals surface area contributed by atoms with Crippen molar-refractivity contribution in [3.63, 3.8) is 0 Å². The van der Waals surface area contributed by atoms with Crippen LogP contribution in [0.15, 0.2) is 112 Å². The van der Waals surface area contributed by atoms with Crippen LogP contribution in [0.1, 0.15) is 32.8 Å². The number of carbonyl (C=O) groups is 1. The van der Waals surface area contributed by atoms with E-state index in [1.165, 1.54) is 0 Å². The van der Waals surface area contributed by atoms with Crippen LogP contribution in [0, 0.1) is 0 Å². The van der Waals surface area contributed by atoms with Crippen molar-refractivity contribution >= 4 is 50.9 Å². The monoisotopic (exact) mass is 628 g/mol. The van der Waals surface area contributed by atoms with Gasteiger partial charge in [-0.2, -0.15) is 5.10 Å². The summed E-state index contributed by atoms with van der Waals surface area (Å²) in [6.07, 6.45) is 9.70. The van der Waals surface area contributed by atoms with Crippen LogP contribution in [0.3, 0.4) is 0 Å². The molecular weight excluding hydrogens is 604 g/mol. The average molecular weight is 630 g/mol. The molecule has 4 aromatic carbocycles. The number of benzene rings is 4. The minimum absolute atomic E-state index is 0.123. The molecule has 0 spiro atoms. The molecule has 0 atom stereocenters. The third-order valence-electron chi connectivity index (χ3n) is 7.38. The topological polar surface area (TPSA) is 66.5 Å². The number of nitrogens with zero attached hydrogens (tertiary/aromatic N) is 2. The predicted octanol–water partition coefficient (Wildman–Crippen LogP) is 8.86. The minimum Gasteiger partial charge on any atom is -0.497 e. The highest BCUT2D eigenvalue weighted by molar-refractivity contribution is 9.10. The molecule has 210 valence electrons. The largest absolute Gasteiger partial charge is 0.497 e. The summed E-state index contributed by atoms with van der Waals surface area (Å²) >= 11 is 3.46. The first-order chi connectivity index (χ1) is 21.1. The highest BCUT2D eigenvalue weighted by atomic mass is 79.9. The molecule has 1 aliphatic heterocycles. The molecule has 0 saturated heterocycles. The standard InChI is InChI=1S/C36H25BrN2O4/c1-41-28-16-11-23(12-17-28)34-25(22-39(38-34)27-6-3-2-4-7-27)13-19-32-33(35(40)24-9-14-26(37)15-10-24)30-18-20-31-29(36(30)43-32)8-5-21-42-31/h2-20,22H,21H2,1H3/b19-13+. The average Bonchev–Trinajstić information content (AvgIpc) is 3.66. The Morgan fingerprint density at radius 2 is 1.74 bits per heavy atom. The minimum atomic E-state index is -0.123. The highest BCUT2D eigenvalue weighted by Crippen LogP contribution is 2.38. The second-order valence-electron chi connectivity index (χ2n) is 10.0. The van der Waals surface area contributed by atoms with Gasteiger partial charge in [-0.15, -0.1) is 0 Å². The Morgan fingerprint density at radius 3 is 2.51 bits per heavy atom. The van der Waals surface area contributed by atoms with E-state index in [1.54, 1.807) is 7.11 Å². The van der Waals surface area contributed by atoms with Crippen LogP contribution in [-0.4, -0.2) is 29.3 Å². The van der Waals surface area contributed by atoms with E-state index in [-0.39, 0.29) is 5.78 Å². The number of furan rings is 1. The Kier molecular flexibility index (Phi) is 7.01. The molecule has 0 fully saturated rings. The number of ketones is 1. The van der Waals surface area contributed by atoms with Gasteiger partial charge in [-0.25, -0.2) is 4.68 Å². The van der Waals surface area contributed by atoms with Crippen molar-refractivity contribution in [1.29, 1.82) is 0 Å². The number of carbonyl (C=O) groups excluding carboxylic acids is 1. The van der Waals surface area contributed by atoms with Gasteiger partial charge in [0.05, 0.1) is 29.6 Å². The molecule has 7 rings (SSSR count). The van der Waals surface area contributed by atoms with Crippen LogP contribution in [0.5, 0.6) is 11.5 Å². The number of ether oxygens (including phenoxy) is 2. The van der Waals surface area contributed by atoms with E-state index in [9.17, 15) is 4.79 Å². The Labute approximate surface area is 256 Å². The van der Waals surface area contributed by atoms with Gasteiger partial charge in [0.15, 0.2) is 5.78 Å². The molecule has 0 radical (unpaired) electrons. The van der Waals surface area contributed by atoms with Crippen LogP contribution in [0.25, 0.3) is 46.1 Å². The van der Waals surface area contributed by atoms with Crippen molar-refractivity contribution in [2.45, 2.75) is 0 Å². The van der Waals surface area contributed by atoms with Gasteiger partial charge in [0.2, 0.25) is 0 Å². The lowest BCUT2D eigenvalue weighted by Crippen LogP contribution is -2.03. The van der Waals surface area contributed by atoms with Crippen LogP contribution in [0.4, 0.5) is 0 Å². The SMILES string of the molecule is COc1ccc(-c2nn(-c3ccccc3)cc2/C=C/c2oc3c4c(ccc3c2C(=O)c2ccc(Br)cc2)OCC=C4)cc1. The van der Waals surface area contributed by atoms with E-state index >= 15 is 0 Å². The molecule has 0 unspecified atom stereocenters. The Hall–Kier alpha value is -5.14. The first kappa shape index (κ1) is 26.7. The number of methoxy groups -OCH3 is 1. The number of hydrogen-bond acceptors (Lipinski definition) is 5. The number of fused-ring (bicyclic) bond motifs is 3. The van der Waals surface area contributed by atoms with Crippen molar-refractivity contribution in [3.8, 4) is 28.4 Å². The lowest BCUT2D eigenvalue weighted by molar-refractivity contribution is 0.103. The maximum Gasteiger partial charge on any atom is 0.197 e. The molecule has 6 nitrogen and oxygen atoms in total. The molecule has 43 heavy (non-hydrogen) atoms. The molecule has 6 aromatic rings. The maximum absolute atomic E-state index is 14.0. The third-order valence-corrected chi connectivity index (χ3v) is 7.91. The molecule has 0 N–H and O–H groups in total. The quantitative estimate of drug-likeness (QED) is 0.165. The summed E-state index contributed by atoms with van der Waals surface area (Å²) in [6.45, 7) is 0.496. The number of halogens is 1. The molecule has 0 bridgehead atoms. The smallest absolute Gasteiger partial charge is 0.197 e. The summed E-state index contributed by atoms with van der Waals surface area (Å²) in [6, 6.07) is 28.9. The molecule has 0 aliphatic carbocycles. The maximum atomic E-state index is 14.0. The van der Waals surface area contributed by atoms with Gasteiger partial charge >= 0.3 is 0 Å². The molecule has 0 saturated carbocycles. The van der Waals surface area contributed by atoms with Gasteiger partial charge in [0.1, 0.15) is 29.4 Å². The summed E-state index contributed by atoms with van der Waals surface area (Å²) in [5.41, 5.74) is 6.02. The molecule has 1 aliphatic rings. The van der Waals surface area contributed by atoms with Crippen LogP contribution in [0.2, 0.25) is 0 Å². The summed E-state index contributed by atoms with van der Waals surface area (Å²) in [4.78, 5) is 14.0. The molecule has 2 aromatic heterocycles. The van der Waals surface area contributed by atoms with Gasteiger partial charge in [-0.05, 0) is 97.1 Å². The van der Waals surface area contributed by atoms with E-state index < -0.39 is 0 Å². The summed E-state index contributed by atoms with van der Waals surface area (Å²) in [7, 11) is 1.65. The van der Waals surface area contributed by atoms with Crippen LogP contribution < -0.4 is 9.47 Å². The fraction of sp³-hybridized carbons (Fsp3) is 0.0556. The summed E-state index contributed by atoms with van der Waals surface area (Å²) < 4.78 is 20.4. The lowest BCUT2D eigenvalue weighted by atomic mass is 9.98. The normalized spacial score (nSPS) is 12.4. The van der Waals surface area contributed by atoms with Gasteiger partial charge in [0.25, 0.3) is 0 Å². The Bertz CT molecular complexity index is 2020. The molecule has 3 heterocycles. The zero-order chi connectivity index (χ0) is 29.3. The van der Waals surface area contributed by atoms with Gasteiger partial charge in [-0.3, -0.25) is 4.79 Å². The zero-order valence-electron chi connectivity index (χ0n) is 23.2. The highest BCUT2D eigenvalue weighted by Gasteiger charge is 2.24. The molecular formula is C36H25BrN2O4. The number of para-hydroxylation sites is 1. The Balaban J connectivity index is 1.38. The first-order valence-corrected chi connectivity index (χ1v) is 14.5. The summed E-state index contributed by atoms with van der Waals surface area (Å²) in [5, 5.41) is 5.66. The van der Waals surface area contributed by atoms with Gasteiger partial charge in [-0.1, -0.05) is 34.1 Å². The van der Waals surface area contributed by atoms with Gasteiger partial charge < -0.3 is 13.9 Å². The second-order valence-corrected chi connectivity index (χ2v) is 10.9. The lowest BCUT2D eigenvalue weighted by Gasteiger charge is -2.11. The number of aromatic nitrogens is 2. The van der Waals surface area contributed by atoms with Crippen molar-refractivity contribution in [2.24, 2.45) is 0 Å². The van der Waals surface area contributed by atoms with Crippen molar-refractivity contribution in [2.75, 3.05) is 13.7 Å². The molecule has 7 heteroatoms. The fourth-order valence-electron chi connectivity index (χ4n) is 5.23. The Morgan fingerprint density at radius 1 is 0.953 bits per heavy atom. The fourth-order valence-corrected chi connectivity index (χ4v) is 5.49. The van der Waals surface area contributed by atoms with Crippen molar-refractivity contribution in [3.05, 3.63) is 136 Å². The second kappa shape index (κ2) is 11.3. The van der Waals surface area contributed by atoms with Crippen LogP contribution >= 0.6 is 15.9 Å². The van der Waals surface area contributed by atoms with E-state index in [1.807, 2.05) is 126 Å². The summed E-state index contributed by atoms with van der Waals surface area (Å²) in [5.74, 6) is 1.83. The predicted molar refractivity (Wildman–Crippen MR) is 173 cm³/mol.